The van der Waals surface area contributed by atoms with E-state index >= 15 is 0 Å². The van der Waals surface area contributed by atoms with Crippen LogP contribution in [0.3, 0.4) is 0 Å². The van der Waals surface area contributed by atoms with Gasteiger partial charge in [-0.2, -0.15) is 0 Å². The normalized spacial score (nSPS) is 10.1. The van der Waals surface area contributed by atoms with Crippen molar-refractivity contribution in [1.29, 1.82) is 0 Å². The number of carbonyl (C=O) groups is 2. The summed E-state index contributed by atoms with van der Waals surface area (Å²) >= 11 is 0. The molecule has 0 saturated heterocycles. The summed E-state index contributed by atoms with van der Waals surface area (Å²) in [6.07, 6.45) is 0.368. The van der Waals surface area contributed by atoms with Crippen molar-refractivity contribution in [3.8, 4) is 0 Å². The summed E-state index contributed by atoms with van der Waals surface area (Å²) in [7, 11) is 2.94. The molecule has 0 radical (unpaired) electrons. The molecule has 0 saturated carbocycles. The van der Waals surface area contributed by atoms with E-state index in [0.717, 1.165) is 10.6 Å². The van der Waals surface area contributed by atoms with Crippen LogP contribution in [0.5, 0.6) is 0 Å². The Bertz CT molecular complexity index is 415. The zero-order chi connectivity index (χ0) is 12.8. The van der Waals surface area contributed by atoms with E-state index in [9.17, 15) is 9.59 Å². The Morgan fingerprint density at radius 1 is 1.29 bits per heavy atom. The van der Waals surface area contributed by atoms with Gasteiger partial charge >= 0.3 is 0 Å². The van der Waals surface area contributed by atoms with Gasteiger partial charge in [-0.15, -0.1) is 0 Å². The number of hydrogen-bond donors (Lipinski definition) is 0. The van der Waals surface area contributed by atoms with Crippen molar-refractivity contribution < 1.29 is 14.4 Å². The molecule has 0 aliphatic heterocycles. The molecule has 0 bridgehead atoms. The summed E-state index contributed by atoms with van der Waals surface area (Å²) in [6.45, 7) is 1.93. The maximum Gasteiger partial charge on any atom is 0.246 e. The van der Waals surface area contributed by atoms with Gasteiger partial charge in [0.15, 0.2) is 5.78 Å². The Morgan fingerprint density at radius 2 is 2.00 bits per heavy atom. The summed E-state index contributed by atoms with van der Waals surface area (Å²) < 4.78 is 0. The van der Waals surface area contributed by atoms with Crippen molar-refractivity contribution in [3.63, 3.8) is 0 Å². The topological polar surface area (TPSA) is 46.6 Å². The molecule has 92 valence electrons. The number of benzene rings is 1. The van der Waals surface area contributed by atoms with Crippen molar-refractivity contribution >= 4 is 11.7 Å². The zero-order valence-corrected chi connectivity index (χ0v) is 10.4. The molecule has 0 spiro atoms. The van der Waals surface area contributed by atoms with Crippen LogP contribution >= 0.6 is 0 Å². The van der Waals surface area contributed by atoms with Gasteiger partial charge < -0.3 is 0 Å². The number of carbonyl (C=O) groups excluding carboxylic acids is 2. The van der Waals surface area contributed by atoms with Gasteiger partial charge in [-0.05, 0) is 13.0 Å². The molecule has 0 unspecified atom stereocenters. The number of Topliss-reactive ketones (excluding diaryl/α,β-unsaturated/α-hetero) is 1. The Morgan fingerprint density at radius 3 is 2.59 bits per heavy atom. The molecule has 17 heavy (non-hydrogen) atoms. The van der Waals surface area contributed by atoms with Gasteiger partial charge in [0.2, 0.25) is 5.91 Å². The standard InChI is InChI=1S/C13H17NO3/c1-10-5-4-6-11(9-10)12(15)7-8-13(16)14(2)17-3/h4-6,9H,7-8H2,1-3H3. The van der Waals surface area contributed by atoms with Gasteiger partial charge in [0, 0.05) is 25.5 Å². The van der Waals surface area contributed by atoms with Crippen molar-refractivity contribution in [2.75, 3.05) is 14.2 Å². The average molecular weight is 235 g/mol. The van der Waals surface area contributed by atoms with E-state index < -0.39 is 0 Å². The summed E-state index contributed by atoms with van der Waals surface area (Å²) in [5.41, 5.74) is 1.69. The number of nitrogens with zero attached hydrogens (tertiary/aromatic N) is 1. The maximum atomic E-state index is 11.8. The lowest BCUT2D eigenvalue weighted by atomic mass is 10.0. The predicted octanol–water partition coefficient (Wildman–Crippen LogP) is 1.98. The highest BCUT2D eigenvalue weighted by Crippen LogP contribution is 2.09. The van der Waals surface area contributed by atoms with E-state index in [0.29, 0.717) is 5.56 Å². The van der Waals surface area contributed by atoms with Gasteiger partial charge in [0.05, 0.1) is 7.11 Å². The maximum absolute atomic E-state index is 11.8. The minimum absolute atomic E-state index is 0.0217. The van der Waals surface area contributed by atoms with E-state index in [2.05, 4.69) is 0 Å². The second-order valence-electron chi connectivity index (χ2n) is 3.87. The Kier molecular flexibility index (Phi) is 4.84. The Hall–Kier alpha value is -1.68. The number of hydroxylamine groups is 2. The largest absolute Gasteiger partial charge is 0.294 e. The first-order chi connectivity index (χ1) is 8.04. The third-order valence-corrected chi connectivity index (χ3v) is 2.53. The molecule has 1 rings (SSSR count). The summed E-state index contributed by atoms with van der Waals surface area (Å²) in [4.78, 5) is 28.0. The summed E-state index contributed by atoms with van der Waals surface area (Å²) in [6, 6.07) is 7.36. The quantitative estimate of drug-likeness (QED) is 0.579. The van der Waals surface area contributed by atoms with Crippen LogP contribution in [-0.2, 0) is 9.63 Å². The van der Waals surface area contributed by atoms with E-state index in [1.54, 1.807) is 6.07 Å². The fraction of sp³-hybridized carbons (Fsp3) is 0.385. The van der Waals surface area contributed by atoms with Gasteiger partial charge in [-0.1, -0.05) is 23.8 Å². The molecule has 0 fully saturated rings. The first-order valence-corrected chi connectivity index (χ1v) is 5.45. The lowest BCUT2D eigenvalue weighted by Crippen LogP contribution is -2.25. The SMILES string of the molecule is CON(C)C(=O)CCC(=O)c1cccc(C)c1. The van der Waals surface area contributed by atoms with Crippen LogP contribution in [-0.4, -0.2) is 30.9 Å². The smallest absolute Gasteiger partial charge is 0.246 e. The predicted molar refractivity (Wildman–Crippen MR) is 64.5 cm³/mol. The third kappa shape index (κ3) is 4.00. The van der Waals surface area contributed by atoms with Crippen LogP contribution in [0.2, 0.25) is 0 Å². The highest BCUT2D eigenvalue weighted by Gasteiger charge is 2.12. The minimum Gasteiger partial charge on any atom is -0.294 e. The van der Waals surface area contributed by atoms with Gasteiger partial charge in [0.25, 0.3) is 0 Å². The number of hydrogen-bond acceptors (Lipinski definition) is 3. The molecule has 0 aliphatic carbocycles. The molecule has 1 aromatic rings. The lowest BCUT2D eigenvalue weighted by molar-refractivity contribution is -0.168. The molecule has 4 nitrogen and oxygen atoms in total. The average Bonchev–Trinajstić information content (AvgIpc) is 2.34. The Labute approximate surface area is 101 Å². The van der Waals surface area contributed by atoms with Gasteiger partial charge in [0.1, 0.15) is 0 Å². The molecule has 1 amide bonds. The molecule has 4 heteroatoms. The van der Waals surface area contributed by atoms with Crippen molar-refractivity contribution in [2.45, 2.75) is 19.8 Å². The number of rotatable bonds is 5. The molecule has 0 atom stereocenters. The number of ketones is 1. The molecule has 1 aromatic carbocycles. The van der Waals surface area contributed by atoms with Crippen LogP contribution in [0.15, 0.2) is 24.3 Å². The van der Waals surface area contributed by atoms with Gasteiger partial charge in [-0.25, -0.2) is 5.06 Å². The second kappa shape index (κ2) is 6.15. The summed E-state index contributed by atoms with van der Waals surface area (Å²) in [5, 5.41) is 1.13. The van der Waals surface area contributed by atoms with Crippen molar-refractivity contribution in [2.24, 2.45) is 0 Å². The van der Waals surface area contributed by atoms with Crippen LogP contribution < -0.4 is 0 Å². The van der Waals surface area contributed by atoms with Gasteiger partial charge in [-0.3, -0.25) is 14.4 Å². The molecule has 0 heterocycles. The van der Waals surface area contributed by atoms with Crippen LogP contribution in [0.1, 0.15) is 28.8 Å². The van der Waals surface area contributed by atoms with E-state index in [-0.39, 0.29) is 24.5 Å². The first kappa shape index (κ1) is 13.4. The van der Waals surface area contributed by atoms with Crippen LogP contribution in [0.25, 0.3) is 0 Å². The van der Waals surface area contributed by atoms with Crippen molar-refractivity contribution in [3.05, 3.63) is 35.4 Å². The number of amides is 1. The molecular weight excluding hydrogens is 218 g/mol. The fourth-order valence-corrected chi connectivity index (χ4v) is 1.44. The zero-order valence-electron chi connectivity index (χ0n) is 10.4. The number of aryl methyl sites for hydroxylation is 1. The highest BCUT2D eigenvalue weighted by atomic mass is 16.7. The third-order valence-electron chi connectivity index (χ3n) is 2.53. The second-order valence-corrected chi connectivity index (χ2v) is 3.87. The van der Waals surface area contributed by atoms with E-state index in [1.807, 2.05) is 25.1 Å². The van der Waals surface area contributed by atoms with Crippen LogP contribution in [0.4, 0.5) is 0 Å². The van der Waals surface area contributed by atoms with Crippen LogP contribution in [0, 0.1) is 6.92 Å². The molecule has 0 N–H and O–H groups in total. The lowest BCUT2D eigenvalue weighted by Gasteiger charge is -2.12. The van der Waals surface area contributed by atoms with E-state index in [4.69, 9.17) is 4.84 Å². The summed E-state index contributed by atoms with van der Waals surface area (Å²) in [5.74, 6) is -0.222. The van der Waals surface area contributed by atoms with E-state index in [1.165, 1.54) is 14.2 Å². The highest BCUT2D eigenvalue weighted by molar-refractivity contribution is 5.97. The minimum atomic E-state index is -0.200. The molecular formula is C13H17NO3. The molecule has 0 aliphatic rings. The monoisotopic (exact) mass is 235 g/mol. The van der Waals surface area contributed by atoms with Crippen molar-refractivity contribution in [1.82, 2.24) is 5.06 Å². The Balaban J connectivity index is 2.53. The molecule has 0 aromatic heterocycles. The fourth-order valence-electron chi connectivity index (χ4n) is 1.44. The first-order valence-electron chi connectivity index (χ1n) is 5.45.